The first-order valence-corrected chi connectivity index (χ1v) is 8.86. The molecular weight excluding hydrogens is 368 g/mol. The minimum atomic E-state index is 0.0841. The van der Waals surface area contributed by atoms with Crippen molar-refractivity contribution in [2.75, 3.05) is 5.32 Å². The maximum atomic E-state index is 6.25. The number of hydrogen-bond acceptors (Lipinski definition) is 3. The lowest BCUT2D eigenvalue weighted by Gasteiger charge is -2.16. The standard InChI is InChI=1S/C16H20BrClN2S/c1-9(19-13-8-11(17)6-7-12(13)18)14-10(2)20-15(21-14)16(3,4)5/h6-9,19H,1-5H3. The summed E-state index contributed by atoms with van der Waals surface area (Å²) < 4.78 is 1.01. The van der Waals surface area contributed by atoms with E-state index < -0.39 is 0 Å². The summed E-state index contributed by atoms with van der Waals surface area (Å²) in [6.07, 6.45) is 0. The summed E-state index contributed by atoms with van der Waals surface area (Å²) in [7, 11) is 0. The smallest absolute Gasteiger partial charge is 0.0985 e. The lowest BCUT2D eigenvalue weighted by Crippen LogP contribution is -2.10. The second-order valence-corrected chi connectivity index (χ2v) is 8.56. The summed E-state index contributed by atoms with van der Waals surface area (Å²) in [5.41, 5.74) is 2.11. The van der Waals surface area contributed by atoms with Crippen molar-refractivity contribution in [2.24, 2.45) is 0 Å². The summed E-state index contributed by atoms with van der Waals surface area (Å²) in [4.78, 5) is 5.98. The quantitative estimate of drug-likeness (QED) is 0.664. The highest BCUT2D eigenvalue weighted by molar-refractivity contribution is 9.10. The average Bonchev–Trinajstić information content (AvgIpc) is 2.76. The van der Waals surface area contributed by atoms with Crippen molar-refractivity contribution < 1.29 is 0 Å². The molecule has 0 saturated heterocycles. The Bertz CT molecular complexity index is 646. The van der Waals surface area contributed by atoms with Crippen LogP contribution in [0.25, 0.3) is 0 Å². The maximum absolute atomic E-state index is 6.25. The summed E-state index contributed by atoms with van der Waals surface area (Å²) in [6.45, 7) is 10.8. The number of benzene rings is 1. The van der Waals surface area contributed by atoms with Crippen molar-refractivity contribution in [1.29, 1.82) is 0 Å². The molecular formula is C16H20BrClN2S. The van der Waals surface area contributed by atoms with Gasteiger partial charge in [0, 0.05) is 14.8 Å². The third kappa shape index (κ3) is 3.99. The van der Waals surface area contributed by atoms with Gasteiger partial charge in [0.15, 0.2) is 0 Å². The van der Waals surface area contributed by atoms with Crippen molar-refractivity contribution in [3.05, 3.63) is 43.3 Å². The molecule has 0 aliphatic carbocycles. The van der Waals surface area contributed by atoms with E-state index in [2.05, 4.69) is 55.9 Å². The maximum Gasteiger partial charge on any atom is 0.0985 e. The molecule has 0 fully saturated rings. The van der Waals surface area contributed by atoms with E-state index in [1.165, 1.54) is 9.88 Å². The van der Waals surface area contributed by atoms with Gasteiger partial charge >= 0.3 is 0 Å². The molecule has 2 aromatic rings. The molecule has 2 nitrogen and oxygen atoms in total. The van der Waals surface area contributed by atoms with Gasteiger partial charge in [-0.15, -0.1) is 11.3 Å². The normalized spacial score (nSPS) is 13.3. The topological polar surface area (TPSA) is 24.9 Å². The van der Waals surface area contributed by atoms with Crippen LogP contribution in [0.3, 0.4) is 0 Å². The van der Waals surface area contributed by atoms with E-state index in [9.17, 15) is 0 Å². The van der Waals surface area contributed by atoms with Crippen LogP contribution in [-0.2, 0) is 5.41 Å². The van der Waals surface area contributed by atoms with Gasteiger partial charge in [-0.3, -0.25) is 0 Å². The lowest BCUT2D eigenvalue weighted by molar-refractivity contribution is 0.584. The highest BCUT2D eigenvalue weighted by Gasteiger charge is 2.22. The zero-order valence-corrected chi connectivity index (χ0v) is 16.1. The number of hydrogen-bond donors (Lipinski definition) is 1. The third-order valence-electron chi connectivity index (χ3n) is 3.17. The van der Waals surface area contributed by atoms with Crippen LogP contribution in [0.15, 0.2) is 22.7 Å². The van der Waals surface area contributed by atoms with Gasteiger partial charge in [0.25, 0.3) is 0 Å². The van der Waals surface area contributed by atoms with Crippen LogP contribution in [-0.4, -0.2) is 4.98 Å². The number of halogens is 2. The van der Waals surface area contributed by atoms with Crippen LogP contribution in [0.2, 0.25) is 5.02 Å². The van der Waals surface area contributed by atoms with Crippen molar-refractivity contribution in [1.82, 2.24) is 4.98 Å². The third-order valence-corrected chi connectivity index (χ3v) is 5.76. The number of nitrogens with one attached hydrogen (secondary N) is 1. The SMILES string of the molecule is Cc1nc(C(C)(C)C)sc1C(C)Nc1cc(Br)ccc1Cl. The Balaban J connectivity index is 2.26. The molecule has 5 heteroatoms. The Morgan fingerprint density at radius 2 is 2.00 bits per heavy atom. The number of aryl methyl sites for hydroxylation is 1. The second kappa shape index (κ2) is 6.27. The Kier molecular flexibility index (Phi) is 5.01. The summed E-state index contributed by atoms with van der Waals surface area (Å²) in [5, 5.41) is 5.38. The fraction of sp³-hybridized carbons (Fsp3) is 0.438. The molecule has 114 valence electrons. The molecule has 0 aliphatic heterocycles. The Hall–Kier alpha value is -0.580. The van der Waals surface area contributed by atoms with Gasteiger partial charge in [-0.2, -0.15) is 0 Å². The minimum Gasteiger partial charge on any atom is -0.376 e. The molecule has 0 saturated carbocycles. The second-order valence-electron chi connectivity index (χ2n) is 6.21. The van der Waals surface area contributed by atoms with Gasteiger partial charge in [0.1, 0.15) is 0 Å². The summed E-state index contributed by atoms with van der Waals surface area (Å²) in [5.74, 6) is 0. The van der Waals surface area contributed by atoms with E-state index in [1.807, 2.05) is 18.2 Å². The first kappa shape index (κ1) is 16.8. The predicted octanol–water partition coefficient (Wildman–Crippen LogP) is 6.34. The van der Waals surface area contributed by atoms with Crippen molar-refractivity contribution in [3.8, 4) is 0 Å². The van der Waals surface area contributed by atoms with Crippen molar-refractivity contribution >= 4 is 44.6 Å². The first-order chi connectivity index (χ1) is 9.68. The zero-order chi connectivity index (χ0) is 15.8. The average molecular weight is 388 g/mol. The van der Waals surface area contributed by atoms with Gasteiger partial charge in [-0.05, 0) is 32.0 Å². The molecule has 1 heterocycles. The molecule has 1 N–H and O–H groups in total. The fourth-order valence-electron chi connectivity index (χ4n) is 2.04. The van der Waals surface area contributed by atoms with Crippen LogP contribution < -0.4 is 5.32 Å². The molecule has 1 unspecified atom stereocenters. The summed E-state index contributed by atoms with van der Waals surface area (Å²) >= 11 is 11.5. The highest BCUT2D eigenvalue weighted by atomic mass is 79.9. The Morgan fingerprint density at radius 1 is 1.33 bits per heavy atom. The molecule has 0 aliphatic rings. The number of nitrogens with zero attached hydrogens (tertiary/aromatic N) is 1. The number of thiazole rings is 1. The van der Waals surface area contributed by atoms with E-state index in [0.29, 0.717) is 0 Å². The largest absolute Gasteiger partial charge is 0.376 e. The number of aromatic nitrogens is 1. The number of rotatable bonds is 3. The van der Waals surface area contributed by atoms with Crippen LogP contribution in [0.5, 0.6) is 0 Å². The fourth-order valence-corrected chi connectivity index (χ4v) is 3.70. The molecule has 21 heavy (non-hydrogen) atoms. The van der Waals surface area contributed by atoms with Crippen LogP contribution >= 0.6 is 38.9 Å². The van der Waals surface area contributed by atoms with Gasteiger partial charge in [-0.1, -0.05) is 48.3 Å². The van der Waals surface area contributed by atoms with Crippen LogP contribution in [0.4, 0.5) is 5.69 Å². The highest BCUT2D eigenvalue weighted by Crippen LogP contribution is 2.35. The van der Waals surface area contributed by atoms with Crippen LogP contribution in [0, 0.1) is 6.92 Å². The molecule has 0 bridgehead atoms. The number of anilines is 1. The van der Waals surface area contributed by atoms with Gasteiger partial charge in [0.05, 0.1) is 27.5 Å². The molecule has 1 atom stereocenters. The molecule has 1 aromatic carbocycles. The van der Waals surface area contributed by atoms with E-state index in [0.717, 1.165) is 20.9 Å². The lowest BCUT2D eigenvalue weighted by atomic mass is 9.98. The summed E-state index contributed by atoms with van der Waals surface area (Å²) in [6, 6.07) is 6.00. The van der Waals surface area contributed by atoms with E-state index in [-0.39, 0.29) is 11.5 Å². The van der Waals surface area contributed by atoms with Crippen LogP contribution in [0.1, 0.15) is 49.3 Å². The van der Waals surface area contributed by atoms with Crippen molar-refractivity contribution in [3.63, 3.8) is 0 Å². The van der Waals surface area contributed by atoms with Crippen molar-refractivity contribution in [2.45, 2.75) is 46.1 Å². The first-order valence-electron chi connectivity index (χ1n) is 6.88. The Morgan fingerprint density at radius 3 is 2.57 bits per heavy atom. The molecule has 2 rings (SSSR count). The predicted molar refractivity (Wildman–Crippen MR) is 96.7 cm³/mol. The monoisotopic (exact) mass is 386 g/mol. The van der Waals surface area contributed by atoms with E-state index in [4.69, 9.17) is 16.6 Å². The molecule has 1 aromatic heterocycles. The Labute approximate surface area is 144 Å². The van der Waals surface area contributed by atoms with E-state index in [1.54, 1.807) is 11.3 Å². The van der Waals surface area contributed by atoms with E-state index >= 15 is 0 Å². The molecule has 0 spiro atoms. The van der Waals surface area contributed by atoms with Gasteiger partial charge < -0.3 is 5.32 Å². The minimum absolute atomic E-state index is 0.0841. The van der Waals surface area contributed by atoms with Gasteiger partial charge in [-0.25, -0.2) is 4.98 Å². The molecule has 0 radical (unpaired) electrons. The zero-order valence-electron chi connectivity index (χ0n) is 12.9. The van der Waals surface area contributed by atoms with Gasteiger partial charge in [0.2, 0.25) is 0 Å². The molecule has 0 amide bonds.